The fourth-order valence-corrected chi connectivity index (χ4v) is 3.34. The SMILES string of the molecule is Cc1cccc(NC(N)=S)c1S(=O)(=O)O.c1ccc2ccccc2c1. The Morgan fingerprint density at radius 3 is 1.84 bits per heavy atom. The molecular formula is C18H18N2O3S2. The number of rotatable bonds is 2. The molecule has 3 rings (SSSR count). The maximum Gasteiger partial charge on any atom is 0.296 e. The van der Waals surface area contributed by atoms with E-state index in [1.54, 1.807) is 19.1 Å². The molecule has 0 aliphatic carbocycles. The zero-order valence-electron chi connectivity index (χ0n) is 13.5. The van der Waals surface area contributed by atoms with Gasteiger partial charge in [-0.1, -0.05) is 60.7 Å². The van der Waals surface area contributed by atoms with Crippen LogP contribution in [-0.4, -0.2) is 18.1 Å². The molecule has 7 heteroatoms. The molecule has 0 bridgehead atoms. The second-order valence-corrected chi connectivity index (χ2v) is 7.06. The van der Waals surface area contributed by atoms with Crippen LogP contribution < -0.4 is 11.1 Å². The largest absolute Gasteiger partial charge is 0.376 e. The summed E-state index contributed by atoms with van der Waals surface area (Å²) in [5.74, 6) is 0. The van der Waals surface area contributed by atoms with E-state index in [0.717, 1.165) is 0 Å². The highest BCUT2D eigenvalue weighted by molar-refractivity contribution is 7.86. The summed E-state index contributed by atoms with van der Waals surface area (Å²) in [5, 5.41) is 5.05. The molecule has 0 spiro atoms. The third-order valence-electron chi connectivity index (χ3n) is 3.39. The minimum Gasteiger partial charge on any atom is -0.376 e. The van der Waals surface area contributed by atoms with Crippen molar-refractivity contribution in [3.63, 3.8) is 0 Å². The predicted molar refractivity (Wildman–Crippen MR) is 105 cm³/mol. The van der Waals surface area contributed by atoms with Crippen LogP contribution in [0, 0.1) is 6.92 Å². The van der Waals surface area contributed by atoms with Crippen LogP contribution in [0.25, 0.3) is 10.8 Å². The van der Waals surface area contributed by atoms with E-state index in [2.05, 4.69) is 66.1 Å². The summed E-state index contributed by atoms with van der Waals surface area (Å²) in [6, 6.07) is 21.4. The number of aryl methyl sites for hydroxylation is 1. The second kappa shape index (κ2) is 8.06. The normalized spacial score (nSPS) is 10.6. The van der Waals surface area contributed by atoms with Gasteiger partial charge in [0.15, 0.2) is 5.11 Å². The molecule has 0 heterocycles. The van der Waals surface area contributed by atoms with Crippen LogP contribution in [0.3, 0.4) is 0 Å². The Balaban J connectivity index is 0.000000194. The molecule has 3 aromatic rings. The van der Waals surface area contributed by atoms with Gasteiger partial charge in [-0.15, -0.1) is 0 Å². The molecule has 0 aromatic heterocycles. The fraction of sp³-hybridized carbons (Fsp3) is 0.0556. The Hall–Kier alpha value is -2.48. The summed E-state index contributed by atoms with van der Waals surface area (Å²) in [6.45, 7) is 1.56. The molecule has 0 unspecified atom stereocenters. The standard InChI is InChI=1S/C10H8.C8H10N2O3S2/c1-2-6-10-8-4-3-7-9(10)5-1;1-5-3-2-4-6(10-8(9)14)7(5)15(11,12)13/h1-8H;2-4H,1H3,(H3,9,10,14)(H,11,12,13). The summed E-state index contributed by atoms with van der Waals surface area (Å²) in [6.07, 6.45) is 0. The zero-order valence-corrected chi connectivity index (χ0v) is 15.1. The van der Waals surface area contributed by atoms with E-state index in [1.165, 1.54) is 16.8 Å². The van der Waals surface area contributed by atoms with Gasteiger partial charge in [0.05, 0.1) is 5.69 Å². The van der Waals surface area contributed by atoms with Gasteiger partial charge in [-0.2, -0.15) is 8.42 Å². The number of nitrogens with one attached hydrogen (secondary N) is 1. The highest BCUT2D eigenvalue weighted by Gasteiger charge is 2.18. The molecule has 4 N–H and O–H groups in total. The summed E-state index contributed by atoms with van der Waals surface area (Å²) >= 11 is 4.59. The number of anilines is 1. The van der Waals surface area contributed by atoms with Crippen molar-refractivity contribution in [2.75, 3.05) is 5.32 Å². The fourth-order valence-electron chi connectivity index (χ4n) is 2.36. The molecule has 0 atom stereocenters. The first-order valence-electron chi connectivity index (χ1n) is 7.36. The molecule has 0 saturated heterocycles. The van der Waals surface area contributed by atoms with Gasteiger partial charge in [-0.3, -0.25) is 4.55 Å². The first-order chi connectivity index (χ1) is 11.8. The monoisotopic (exact) mass is 374 g/mol. The van der Waals surface area contributed by atoms with Crippen LogP contribution >= 0.6 is 12.2 Å². The maximum absolute atomic E-state index is 11.1. The third-order valence-corrected chi connectivity index (χ3v) is 4.55. The quantitative estimate of drug-likeness (QED) is 0.467. The number of benzene rings is 3. The Kier molecular flexibility index (Phi) is 6.08. The van der Waals surface area contributed by atoms with Gasteiger partial charge in [-0.25, -0.2) is 0 Å². The third kappa shape index (κ3) is 5.25. The van der Waals surface area contributed by atoms with Crippen LogP contribution in [-0.2, 0) is 10.1 Å². The first-order valence-corrected chi connectivity index (χ1v) is 9.21. The van der Waals surface area contributed by atoms with Crippen molar-refractivity contribution in [2.45, 2.75) is 11.8 Å². The summed E-state index contributed by atoms with van der Waals surface area (Å²) in [5.41, 5.74) is 5.82. The number of fused-ring (bicyclic) bond motifs is 1. The molecule has 0 amide bonds. The Bertz CT molecular complexity index is 937. The maximum atomic E-state index is 11.1. The number of hydrogen-bond acceptors (Lipinski definition) is 3. The molecule has 130 valence electrons. The predicted octanol–water partition coefficient (Wildman–Crippen LogP) is 3.74. The topological polar surface area (TPSA) is 92.4 Å². The lowest BCUT2D eigenvalue weighted by molar-refractivity contribution is 0.483. The molecule has 0 radical (unpaired) electrons. The highest BCUT2D eigenvalue weighted by Crippen LogP contribution is 2.24. The van der Waals surface area contributed by atoms with E-state index in [1.807, 2.05) is 0 Å². The van der Waals surface area contributed by atoms with E-state index in [-0.39, 0.29) is 15.7 Å². The van der Waals surface area contributed by atoms with Gasteiger partial charge in [0.2, 0.25) is 0 Å². The van der Waals surface area contributed by atoms with Gasteiger partial charge in [0.1, 0.15) is 4.90 Å². The van der Waals surface area contributed by atoms with E-state index in [4.69, 9.17) is 10.3 Å². The van der Waals surface area contributed by atoms with Crippen molar-refractivity contribution in [3.05, 3.63) is 72.3 Å². The van der Waals surface area contributed by atoms with Crippen molar-refractivity contribution in [3.8, 4) is 0 Å². The molecular weight excluding hydrogens is 356 g/mol. The van der Waals surface area contributed by atoms with E-state index >= 15 is 0 Å². The molecule has 0 aliphatic rings. The van der Waals surface area contributed by atoms with Crippen LogP contribution in [0.2, 0.25) is 0 Å². The average Bonchev–Trinajstić information content (AvgIpc) is 2.54. The van der Waals surface area contributed by atoms with Crippen LogP contribution in [0.15, 0.2) is 71.6 Å². The van der Waals surface area contributed by atoms with Crippen molar-refractivity contribution in [1.29, 1.82) is 0 Å². The van der Waals surface area contributed by atoms with Gasteiger partial charge < -0.3 is 11.1 Å². The molecule has 0 saturated carbocycles. The minimum atomic E-state index is -4.29. The van der Waals surface area contributed by atoms with Crippen molar-refractivity contribution < 1.29 is 13.0 Å². The van der Waals surface area contributed by atoms with Crippen molar-refractivity contribution in [2.24, 2.45) is 5.73 Å². The van der Waals surface area contributed by atoms with E-state index in [0.29, 0.717) is 5.56 Å². The lowest BCUT2D eigenvalue weighted by atomic mass is 10.1. The lowest BCUT2D eigenvalue weighted by Gasteiger charge is -2.10. The Morgan fingerprint density at radius 1 is 0.960 bits per heavy atom. The summed E-state index contributed by atoms with van der Waals surface area (Å²) < 4.78 is 31.2. The van der Waals surface area contributed by atoms with Crippen LogP contribution in [0.4, 0.5) is 5.69 Å². The Morgan fingerprint density at radius 2 is 1.44 bits per heavy atom. The summed E-state index contributed by atoms with van der Waals surface area (Å²) in [4.78, 5) is -0.210. The molecule has 0 aliphatic heterocycles. The van der Waals surface area contributed by atoms with Gasteiger partial charge in [0, 0.05) is 0 Å². The van der Waals surface area contributed by atoms with Crippen molar-refractivity contribution in [1.82, 2.24) is 0 Å². The molecule has 5 nitrogen and oxygen atoms in total. The molecule has 0 fully saturated rings. The number of nitrogens with two attached hydrogens (primary N) is 1. The summed E-state index contributed by atoms with van der Waals surface area (Å²) in [7, 11) is -4.29. The van der Waals surface area contributed by atoms with E-state index < -0.39 is 10.1 Å². The van der Waals surface area contributed by atoms with Crippen LogP contribution in [0.1, 0.15) is 5.56 Å². The highest BCUT2D eigenvalue weighted by atomic mass is 32.2. The van der Waals surface area contributed by atoms with Crippen LogP contribution in [0.5, 0.6) is 0 Å². The minimum absolute atomic E-state index is 0.0644. The second-order valence-electron chi connectivity index (χ2n) is 5.26. The smallest absolute Gasteiger partial charge is 0.296 e. The van der Waals surface area contributed by atoms with Gasteiger partial charge in [-0.05, 0) is 41.5 Å². The number of hydrogen-bond donors (Lipinski definition) is 3. The van der Waals surface area contributed by atoms with E-state index in [9.17, 15) is 8.42 Å². The molecule has 3 aromatic carbocycles. The average molecular weight is 374 g/mol. The Labute approximate surface area is 152 Å². The zero-order chi connectivity index (χ0) is 18.4. The lowest BCUT2D eigenvalue weighted by Crippen LogP contribution is -2.20. The molecule has 25 heavy (non-hydrogen) atoms. The first kappa shape index (κ1) is 18.9. The van der Waals surface area contributed by atoms with Gasteiger partial charge >= 0.3 is 0 Å². The van der Waals surface area contributed by atoms with Crippen molar-refractivity contribution >= 4 is 43.9 Å². The number of thiocarbonyl (C=S) groups is 1. The van der Waals surface area contributed by atoms with Gasteiger partial charge in [0.25, 0.3) is 10.1 Å².